The Morgan fingerprint density at radius 2 is 1.42 bits per heavy atom. The van der Waals surface area contributed by atoms with Crippen LogP contribution >= 0.6 is 0 Å². The molecular weight excluding hydrogens is 430 g/mol. The van der Waals surface area contributed by atoms with Crippen LogP contribution in [0, 0.1) is 10.1 Å². The highest BCUT2D eigenvalue weighted by Gasteiger charge is 2.12. The zero-order valence-corrected chi connectivity index (χ0v) is 16.8. The van der Waals surface area contributed by atoms with Crippen molar-refractivity contribution in [1.29, 1.82) is 0 Å². The number of primary sulfonamides is 1. The van der Waals surface area contributed by atoms with Crippen molar-refractivity contribution >= 4 is 33.4 Å². The summed E-state index contributed by atoms with van der Waals surface area (Å²) >= 11 is 0. The summed E-state index contributed by atoms with van der Waals surface area (Å²) in [6, 6.07) is 10.5. The highest BCUT2D eigenvalue weighted by atomic mass is 32.2. The monoisotopic (exact) mass is 449 g/mol. The molecule has 0 aliphatic carbocycles. The number of nitrogens with two attached hydrogens (primary N) is 1. The minimum Gasteiger partial charge on any atom is -0.350 e. The van der Waals surface area contributed by atoms with Crippen LogP contribution in [-0.2, 0) is 26.2 Å². The Hall–Kier alpha value is -3.84. The van der Waals surface area contributed by atoms with Crippen LogP contribution in [0.5, 0.6) is 0 Å². The molecule has 5 N–H and O–H groups in total. The summed E-state index contributed by atoms with van der Waals surface area (Å²) in [7, 11) is -3.80. The van der Waals surface area contributed by atoms with Gasteiger partial charge in [0.15, 0.2) is 0 Å². The molecule has 2 aromatic carbocycles. The predicted molar refractivity (Wildman–Crippen MR) is 108 cm³/mol. The van der Waals surface area contributed by atoms with Crippen molar-refractivity contribution in [2.75, 3.05) is 13.1 Å². The van der Waals surface area contributed by atoms with Gasteiger partial charge in [0.05, 0.1) is 22.9 Å². The van der Waals surface area contributed by atoms with Crippen molar-refractivity contribution in [2.45, 2.75) is 11.4 Å². The summed E-state index contributed by atoms with van der Waals surface area (Å²) in [6.45, 7) is -0.615. The Morgan fingerprint density at radius 1 is 0.871 bits per heavy atom. The van der Waals surface area contributed by atoms with E-state index < -0.39 is 39.2 Å². The summed E-state index contributed by atoms with van der Waals surface area (Å²) < 4.78 is 22.4. The molecule has 31 heavy (non-hydrogen) atoms. The number of rotatable bonds is 9. The van der Waals surface area contributed by atoms with Gasteiger partial charge in [0.25, 0.3) is 11.6 Å². The molecule has 0 bridgehead atoms. The maximum Gasteiger partial charge on any atom is 0.269 e. The summed E-state index contributed by atoms with van der Waals surface area (Å²) in [5, 5.41) is 22.8. The molecule has 12 nitrogen and oxygen atoms in total. The Kier molecular flexibility index (Phi) is 7.76. The van der Waals surface area contributed by atoms with Crippen LogP contribution in [0.4, 0.5) is 5.69 Å². The van der Waals surface area contributed by atoms with Crippen LogP contribution in [0.1, 0.15) is 15.9 Å². The fourth-order valence-corrected chi connectivity index (χ4v) is 2.81. The van der Waals surface area contributed by atoms with E-state index in [4.69, 9.17) is 5.14 Å². The minimum atomic E-state index is -3.80. The number of hydrogen-bond acceptors (Lipinski definition) is 7. The van der Waals surface area contributed by atoms with Gasteiger partial charge in [-0.05, 0) is 29.8 Å². The molecule has 0 saturated heterocycles. The van der Waals surface area contributed by atoms with Crippen LogP contribution in [0.25, 0.3) is 0 Å². The Bertz CT molecular complexity index is 1080. The van der Waals surface area contributed by atoms with Crippen LogP contribution in [0.3, 0.4) is 0 Å². The predicted octanol–water partition coefficient (Wildman–Crippen LogP) is -0.595. The first kappa shape index (κ1) is 23.4. The number of carbonyl (C=O) groups is 3. The fraction of sp³-hybridized carbons (Fsp3) is 0.167. The van der Waals surface area contributed by atoms with Crippen molar-refractivity contribution < 1.29 is 27.7 Å². The third-order valence-corrected chi connectivity index (χ3v) is 4.87. The number of nitro groups is 1. The molecule has 0 radical (unpaired) electrons. The van der Waals surface area contributed by atoms with Crippen LogP contribution in [-0.4, -0.2) is 44.2 Å². The topological polar surface area (TPSA) is 191 Å². The number of sulfonamides is 1. The van der Waals surface area contributed by atoms with Crippen molar-refractivity contribution in [1.82, 2.24) is 16.0 Å². The molecule has 0 aliphatic heterocycles. The lowest BCUT2D eigenvalue weighted by atomic mass is 10.2. The summed E-state index contributed by atoms with van der Waals surface area (Å²) in [4.78, 5) is 45.5. The molecule has 0 saturated carbocycles. The van der Waals surface area contributed by atoms with Gasteiger partial charge in [0.1, 0.15) is 0 Å². The van der Waals surface area contributed by atoms with Crippen molar-refractivity contribution in [3.63, 3.8) is 0 Å². The van der Waals surface area contributed by atoms with E-state index in [2.05, 4.69) is 16.0 Å². The van der Waals surface area contributed by atoms with Gasteiger partial charge in [-0.1, -0.05) is 12.1 Å². The number of benzene rings is 2. The second-order valence-electron chi connectivity index (χ2n) is 6.23. The quantitative estimate of drug-likeness (QED) is 0.290. The van der Waals surface area contributed by atoms with E-state index in [0.29, 0.717) is 5.56 Å². The summed E-state index contributed by atoms with van der Waals surface area (Å²) in [5.74, 6) is -1.70. The average molecular weight is 449 g/mol. The zero-order valence-electron chi connectivity index (χ0n) is 16.0. The largest absolute Gasteiger partial charge is 0.350 e. The number of carbonyl (C=O) groups excluding carboxylic acids is 3. The van der Waals surface area contributed by atoms with Crippen LogP contribution in [0.15, 0.2) is 53.4 Å². The molecule has 0 heterocycles. The van der Waals surface area contributed by atoms with Gasteiger partial charge in [0.2, 0.25) is 21.8 Å². The first-order chi connectivity index (χ1) is 14.6. The third-order valence-electron chi connectivity index (χ3n) is 3.94. The van der Waals surface area contributed by atoms with E-state index in [1.165, 1.54) is 48.5 Å². The molecule has 2 rings (SSSR count). The van der Waals surface area contributed by atoms with Gasteiger partial charge >= 0.3 is 0 Å². The molecule has 0 unspecified atom stereocenters. The molecule has 13 heteroatoms. The van der Waals surface area contributed by atoms with E-state index in [1.807, 2.05) is 0 Å². The lowest BCUT2D eigenvalue weighted by molar-refractivity contribution is -0.384. The van der Waals surface area contributed by atoms with E-state index in [-0.39, 0.29) is 29.2 Å². The lowest BCUT2D eigenvalue weighted by Crippen LogP contribution is -2.41. The second-order valence-corrected chi connectivity index (χ2v) is 7.79. The molecule has 3 amide bonds. The first-order valence-corrected chi connectivity index (χ1v) is 10.3. The highest BCUT2D eigenvalue weighted by Crippen LogP contribution is 2.11. The Labute approximate surface area is 177 Å². The van der Waals surface area contributed by atoms with Gasteiger partial charge in [-0.25, -0.2) is 13.6 Å². The number of nitrogens with one attached hydrogen (secondary N) is 3. The number of non-ortho nitro benzene ring substituents is 1. The van der Waals surface area contributed by atoms with Gasteiger partial charge in [0, 0.05) is 24.2 Å². The van der Waals surface area contributed by atoms with Crippen LogP contribution < -0.4 is 21.1 Å². The van der Waals surface area contributed by atoms with E-state index in [0.717, 1.165) is 0 Å². The normalized spacial score (nSPS) is 10.7. The van der Waals surface area contributed by atoms with E-state index in [1.54, 1.807) is 0 Å². The van der Waals surface area contributed by atoms with Gasteiger partial charge < -0.3 is 16.0 Å². The molecule has 0 atom stereocenters. The third kappa shape index (κ3) is 7.49. The molecule has 0 aliphatic rings. The number of amides is 3. The number of nitrogens with zero attached hydrogens (tertiary/aromatic N) is 1. The molecule has 2 aromatic rings. The van der Waals surface area contributed by atoms with E-state index in [9.17, 15) is 32.9 Å². The lowest BCUT2D eigenvalue weighted by Gasteiger charge is -2.08. The maximum atomic E-state index is 11.9. The zero-order chi connectivity index (χ0) is 23.0. The number of nitro benzene ring substituents is 1. The smallest absolute Gasteiger partial charge is 0.269 e. The Morgan fingerprint density at radius 3 is 1.97 bits per heavy atom. The first-order valence-electron chi connectivity index (χ1n) is 8.74. The number of hydrogen-bond donors (Lipinski definition) is 4. The molecule has 0 spiro atoms. The maximum absolute atomic E-state index is 11.9. The summed E-state index contributed by atoms with van der Waals surface area (Å²) in [5.41, 5.74) is 0.604. The van der Waals surface area contributed by atoms with Crippen molar-refractivity contribution in [3.05, 3.63) is 69.8 Å². The molecule has 0 fully saturated rings. The van der Waals surface area contributed by atoms with Gasteiger partial charge in [-0.3, -0.25) is 24.5 Å². The van der Waals surface area contributed by atoms with Crippen LogP contribution in [0.2, 0.25) is 0 Å². The standard InChI is InChI=1S/C18H19N5O7S/c19-31(29,30)15-7-1-12(2-8-15)9-20-16(24)10-21-17(25)11-22-18(26)13-3-5-14(6-4-13)23(27)28/h1-8H,9-11H2,(H,20,24)(H,21,25)(H,22,26)(H2,19,29,30). The van der Waals surface area contributed by atoms with Crippen molar-refractivity contribution in [2.24, 2.45) is 5.14 Å². The SMILES string of the molecule is NS(=O)(=O)c1ccc(CNC(=O)CNC(=O)CNC(=O)c2ccc([N+](=O)[O-])cc2)cc1. The van der Waals surface area contributed by atoms with Gasteiger partial charge in [-0.2, -0.15) is 0 Å². The molecule has 0 aromatic heterocycles. The second kappa shape index (κ2) is 10.3. The summed E-state index contributed by atoms with van der Waals surface area (Å²) in [6.07, 6.45) is 0. The average Bonchev–Trinajstić information content (AvgIpc) is 2.74. The minimum absolute atomic E-state index is 0.0504. The highest BCUT2D eigenvalue weighted by molar-refractivity contribution is 7.89. The fourth-order valence-electron chi connectivity index (χ4n) is 2.30. The van der Waals surface area contributed by atoms with E-state index >= 15 is 0 Å². The van der Waals surface area contributed by atoms with Gasteiger partial charge in [-0.15, -0.1) is 0 Å². The molecular formula is C18H19N5O7S. The van der Waals surface area contributed by atoms with Crippen molar-refractivity contribution in [3.8, 4) is 0 Å². The Balaban J connectivity index is 1.71. The molecule has 164 valence electrons.